The van der Waals surface area contributed by atoms with Gasteiger partial charge in [0.1, 0.15) is 11.6 Å². The number of alkyl halides is 3. The van der Waals surface area contributed by atoms with E-state index in [-0.39, 0.29) is 6.92 Å². The van der Waals surface area contributed by atoms with Crippen LogP contribution in [0.5, 0.6) is 5.75 Å². The topological polar surface area (TPSA) is 86.6 Å². The van der Waals surface area contributed by atoms with Gasteiger partial charge in [0.05, 0.1) is 5.56 Å². The van der Waals surface area contributed by atoms with Gasteiger partial charge in [-0.05, 0) is 19.1 Å². The molecule has 1 atom stereocenters. The lowest BCUT2D eigenvalue weighted by molar-refractivity contribution is -0.203. The molecule has 0 bridgehead atoms. The van der Waals surface area contributed by atoms with Crippen LogP contribution >= 0.6 is 0 Å². The fraction of sp³-hybridized carbons (Fsp3) is 0.273. The van der Waals surface area contributed by atoms with Crippen molar-refractivity contribution in [3.05, 3.63) is 29.6 Å². The highest BCUT2D eigenvalue weighted by molar-refractivity contribution is 5.98. The summed E-state index contributed by atoms with van der Waals surface area (Å²) in [7, 11) is 0. The van der Waals surface area contributed by atoms with Crippen LogP contribution in [0.2, 0.25) is 0 Å². The summed E-state index contributed by atoms with van der Waals surface area (Å²) in [6.45, 7) is 0.242. The summed E-state index contributed by atoms with van der Waals surface area (Å²) < 4.78 is 51.3. The van der Waals surface area contributed by atoms with E-state index in [0.717, 1.165) is 12.1 Å². The molecule has 0 aliphatic carbocycles. The number of phenols is 1. The van der Waals surface area contributed by atoms with E-state index in [1.54, 1.807) is 0 Å². The van der Waals surface area contributed by atoms with Crippen molar-refractivity contribution < 1.29 is 37.4 Å². The number of nitrogens with one attached hydrogen (secondary N) is 1. The Morgan fingerprint density at radius 2 is 1.80 bits per heavy atom. The van der Waals surface area contributed by atoms with Gasteiger partial charge in [-0.2, -0.15) is 13.2 Å². The quantitative estimate of drug-likeness (QED) is 0.740. The first-order valence-corrected chi connectivity index (χ1v) is 5.10. The highest BCUT2D eigenvalue weighted by atomic mass is 19.4. The van der Waals surface area contributed by atoms with E-state index in [1.807, 2.05) is 0 Å². The number of carboxylic acids is 1. The van der Waals surface area contributed by atoms with Gasteiger partial charge < -0.3 is 15.5 Å². The van der Waals surface area contributed by atoms with Gasteiger partial charge in [0.15, 0.2) is 0 Å². The molecule has 5 nitrogen and oxygen atoms in total. The van der Waals surface area contributed by atoms with Gasteiger partial charge in [-0.3, -0.25) is 4.79 Å². The number of carbonyl (C=O) groups excluding carboxylic acids is 1. The summed E-state index contributed by atoms with van der Waals surface area (Å²) in [6, 6.07) is 2.13. The Labute approximate surface area is 109 Å². The summed E-state index contributed by atoms with van der Waals surface area (Å²) in [6.07, 6.45) is -5.28. The van der Waals surface area contributed by atoms with Crippen LogP contribution in [-0.4, -0.2) is 33.8 Å². The van der Waals surface area contributed by atoms with Crippen molar-refractivity contribution in [2.45, 2.75) is 18.6 Å². The second kappa shape index (κ2) is 4.99. The van der Waals surface area contributed by atoms with Gasteiger partial charge in [-0.1, -0.05) is 0 Å². The van der Waals surface area contributed by atoms with Crippen molar-refractivity contribution in [1.82, 2.24) is 5.32 Å². The van der Waals surface area contributed by atoms with E-state index >= 15 is 0 Å². The van der Waals surface area contributed by atoms with E-state index in [0.29, 0.717) is 6.07 Å². The number of benzene rings is 1. The first kappa shape index (κ1) is 15.7. The highest BCUT2D eigenvalue weighted by Crippen LogP contribution is 2.31. The third-order valence-corrected chi connectivity index (χ3v) is 2.56. The molecule has 0 radical (unpaired) electrons. The zero-order valence-electron chi connectivity index (χ0n) is 9.95. The van der Waals surface area contributed by atoms with Crippen molar-refractivity contribution in [2.24, 2.45) is 0 Å². The zero-order chi connectivity index (χ0) is 15.7. The predicted octanol–water partition coefficient (Wildman–Crippen LogP) is 1.67. The lowest BCUT2D eigenvalue weighted by Gasteiger charge is -2.28. The zero-order valence-corrected chi connectivity index (χ0v) is 9.95. The minimum absolute atomic E-state index is 0.242. The average molecular weight is 295 g/mol. The SMILES string of the molecule is CC(NC(=O)c1ccc(O)cc1F)(C(=O)O)C(F)(F)F. The van der Waals surface area contributed by atoms with Crippen LogP contribution in [0.15, 0.2) is 18.2 Å². The molecule has 1 aromatic rings. The molecule has 0 aliphatic heterocycles. The minimum Gasteiger partial charge on any atom is -0.508 e. The Hall–Kier alpha value is -2.32. The molecule has 1 amide bonds. The molecule has 0 fully saturated rings. The number of hydrogen-bond donors (Lipinski definition) is 3. The molecule has 1 unspecified atom stereocenters. The second-order valence-corrected chi connectivity index (χ2v) is 4.05. The first-order chi connectivity index (χ1) is 8.99. The summed E-state index contributed by atoms with van der Waals surface area (Å²) in [5, 5.41) is 18.8. The van der Waals surface area contributed by atoms with E-state index < -0.39 is 40.7 Å². The molecule has 0 heterocycles. The maximum Gasteiger partial charge on any atom is 0.422 e. The van der Waals surface area contributed by atoms with Crippen LogP contribution in [0.4, 0.5) is 17.6 Å². The molecule has 9 heteroatoms. The van der Waals surface area contributed by atoms with Gasteiger partial charge in [-0.15, -0.1) is 0 Å². The lowest BCUT2D eigenvalue weighted by Crippen LogP contribution is -2.62. The van der Waals surface area contributed by atoms with Crippen molar-refractivity contribution in [3.63, 3.8) is 0 Å². The average Bonchev–Trinajstić information content (AvgIpc) is 2.26. The lowest BCUT2D eigenvalue weighted by atomic mass is 10.0. The Bertz CT molecular complexity index is 558. The number of aliphatic carboxylic acids is 1. The Kier molecular flexibility index (Phi) is 3.92. The van der Waals surface area contributed by atoms with Gasteiger partial charge >= 0.3 is 12.1 Å². The molecule has 20 heavy (non-hydrogen) atoms. The van der Waals surface area contributed by atoms with Crippen LogP contribution in [0.25, 0.3) is 0 Å². The molecule has 0 saturated carbocycles. The third-order valence-electron chi connectivity index (χ3n) is 2.56. The number of carbonyl (C=O) groups is 2. The van der Waals surface area contributed by atoms with Crippen molar-refractivity contribution >= 4 is 11.9 Å². The minimum atomic E-state index is -5.28. The second-order valence-electron chi connectivity index (χ2n) is 4.05. The molecular weight excluding hydrogens is 286 g/mol. The van der Waals surface area contributed by atoms with Crippen LogP contribution in [0.3, 0.4) is 0 Å². The van der Waals surface area contributed by atoms with Crippen molar-refractivity contribution in [1.29, 1.82) is 0 Å². The van der Waals surface area contributed by atoms with E-state index in [4.69, 9.17) is 10.2 Å². The molecular formula is C11H9F4NO4. The first-order valence-electron chi connectivity index (χ1n) is 5.10. The molecule has 1 aromatic carbocycles. The molecule has 1 rings (SSSR count). The van der Waals surface area contributed by atoms with Crippen LogP contribution in [-0.2, 0) is 4.79 Å². The Morgan fingerprint density at radius 3 is 2.20 bits per heavy atom. The highest BCUT2D eigenvalue weighted by Gasteiger charge is 2.58. The third kappa shape index (κ3) is 2.81. The molecule has 0 saturated heterocycles. The number of amides is 1. The number of rotatable bonds is 3. The van der Waals surface area contributed by atoms with E-state index in [1.165, 1.54) is 5.32 Å². The fourth-order valence-electron chi connectivity index (χ4n) is 1.23. The van der Waals surface area contributed by atoms with Gasteiger partial charge in [0.2, 0.25) is 5.54 Å². The maximum atomic E-state index is 13.3. The van der Waals surface area contributed by atoms with Crippen LogP contribution < -0.4 is 5.32 Å². The Morgan fingerprint density at radius 1 is 1.25 bits per heavy atom. The maximum absolute atomic E-state index is 13.3. The summed E-state index contributed by atoms with van der Waals surface area (Å²) in [5.41, 5.74) is -4.38. The summed E-state index contributed by atoms with van der Waals surface area (Å²) in [5.74, 6) is -5.71. The molecule has 110 valence electrons. The number of carboxylic acid groups (broad SMARTS) is 1. The van der Waals surface area contributed by atoms with Gasteiger partial charge in [-0.25, -0.2) is 9.18 Å². The Balaban J connectivity index is 3.13. The van der Waals surface area contributed by atoms with Gasteiger partial charge in [0.25, 0.3) is 5.91 Å². The smallest absolute Gasteiger partial charge is 0.422 e. The van der Waals surface area contributed by atoms with Crippen molar-refractivity contribution in [2.75, 3.05) is 0 Å². The number of halogens is 4. The standard InChI is InChI=1S/C11H9F4NO4/c1-10(9(19)20,11(13,14)15)16-8(18)6-3-2-5(17)4-7(6)12/h2-4,17H,1H3,(H,16,18)(H,19,20). The monoisotopic (exact) mass is 295 g/mol. The number of phenolic OH excluding ortho intramolecular Hbond substituents is 1. The van der Waals surface area contributed by atoms with Crippen LogP contribution in [0, 0.1) is 5.82 Å². The van der Waals surface area contributed by atoms with Gasteiger partial charge in [0, 0.05) is 6.07 Å². The van der Waals surface area contributed by atoms with Crippen molar-refractivity contribution in [3.8, 4) is 5.75 Å². The van der Waals surface area contributed by atoms with Crippen LogP contribution in [0.1, 0.15) is 17.3 Å². The van der Waals surface area contributed by atoms with E-state index in [9.17, 15) is 27.2 Å². The normalized spacial score (nSPS) is 14.4. The number of hydrogen-bond acceptors (Lipinski definition) is 3. The fourth-order valence-corrected chi connectivity index (χ4v) is 1.23. The van der Waals surface area contributed by atoms with E-state index in [2.05, 4.69) is 0 Å². The largest absolute Gasteiger partial charge is 0.508 e. The molecule has 0 aliphatic rings. The molecule has 0 spiro atoms. The molecule has 0 aromatic heterocycles. The number of aromatic hydroxyl groups is 1. The summed E-state index contributed by atoms with van der Waals surface area (Å²) >= 11 is 0. The summed E-state index contributed by atoms with van der Waals surface area (Å²) in [4.78, 5) is 22.3. The molecule has 3 N–H and O–H groups in total. The predicted molar refractivity (Wildman–Crippen MR) is 57.6 cm³/mol.